The third kappa shape index (κ3) is 2.85. The minimum Gasteiger partial charge on any atom is -0.379 e. The fraction of sp³-hybridized carbons (Fsp3) is 0.455. The molecule has 2 rings (SSSR count). The zero-order chi connectivity index (χ0) is 9.64. The highest BCUT2D eigenvalue weighted by Crippen LogP contribution is 2.05. The predicted octanol–water partition coefficient (Wildman–Crippen LogP) is 1.43. The summed E-state index contributed by atoms with van der Waals surface area (Å²) in [5, 5.41) is 2.05. The van der Waals surface area contributed by atoms with Crippen molar-refractivity contribution in [3.8, 4) is 11.8 Å². The highest BCUT2D eigenvalue weighted by atomic mass is 32.1. The van der Waals surface area contributed by atoms with Crippen LogP contribution in [0.15, 0.2) is 17.5 Å². The van der Waals surface area contributed by atoms with Crippen molar-refractivity contribution in [2.45, 2.75) is 0 Å². The van der Waals surface area contributed by atoms with Crippen molar-refractivity contribution in [2.75, 3.05) is 32.8 Å². The molecule has 0 spiro atoms. The largest absolute Gasteiger partial charge is 0.379 e. The molecule has 14 heavy (non-hydrogen) atoms. The zero-order valence-electron chi connectivity index (χ0n) is 8.03. The lowest BCUT2D eigenvalue weighted by molar-refractivity contribution is 0.0443. The second-order valence-electron chi connectivity index (χ2n) is 3.17. The monoisotopic (exact) mass is 207 g/mol. The van der Waals surface area contributed by atoms with Crippen molar-refractivity contribution in [3.05, 3.63) is 22.4 Å². The molecule has 0 radical (unpaired) electrons. The van der Waals surface area contributed by atoms with Crippen LogP contribution in [0, 0.1) is 11.8 Å². The van der Waals surface area contributed by atoms with E-state index in [1.807, 2.05) is 6.07 Å². The summed E-state index contributed by atoms with van der Waals surface area (Å²) in [6, 6.07) is 4.08. The number of ether oxygens (including phenoxy) is 1. The van der Waals surface area contributed by atoms with Gasteiger partial charge in [0.1, 0.15) is 0 Å². The predicted molar refractivity (Wildman–Crippen MR) is 58.5 cm³/mol. The quantitative estimate of drug-likeness (QED) is 0.646. The fourth-order valence-electron chi connectivity index (χ4n) is 1.35. The van der Waals surface area contributed by atoms with Crippen molar-refractivity contribution in [2.24, 2.45) is 0 Å². The Morgan fingerprint density at radius 1 is 1.43 bits per heavy atom. The van der Waals surface area contributed by atoms with Crippen LogP contribution in [-0.4, -0.2) is 37.7 Å². The van der Waals surface area contributed by atoms with Gasteiger partial charge in [0.25, 0.3) is 0 Å². The number of hydrogen-bond acceptors (Lipinski definition) is 3. The third-order valence-corrected chi connectivity index (χ3v) is 2.92. The van der Waals surface area contributed by atoms with E-state index in [4.69, 9.17) is 4.74 Å². The molecule has 1 aromatic rings. The summed E-state index contributed by atoms with van der Waals surface area (Å²) < 4.78 is 5.26. The summed E-state index contributed by atoms with van der Waals surface area (Å²) in [6.45, 7) is 4.58. The van der Waals surface area contributed by atoms with E-state index in [0.29, 0.717) is 0 Å². The first-order valence-corrected chi connectivity index (χ1v) is 5.65. The van der Waals surface area contributed by atoms with E-state index < -0.39 is 0 Å². The Bertz CT molecular complexity index is 317. The van der Waals surface area contributed by atoms with Crippen LogP contribution < -0.4 is 0 Å². The maximum atomic E-state index is 5.26. The van der Waals surface area contributed by atoms with Crippen LogP contribution in [0.5, 0.6) is 0 Å². The standard InChI is InChI=1S/C11H13NOS/c1(3-11-4-2-10-14-11)5-12-6-8-13-9-7-12/h2,4,10H,5-9H2. The van der Waals surface area contributed by atoms with Crippen molar-refractivity contribution >= 4 is 11.3 Å². The maximum absolute atomic E-state index is 5.26. The van der Waals surface area contributed by atoms with E-state index in [9.17, 15) is 0 Å². The van der Waals surface area contributed by atoms with Crippen LogP contribution in [0.2, 0.25) is 0 Å². The van der Waals surface area contributed by atoms with Crippen molar-refractivity contribution in [1.29, 1.82) is 0 Å². The first-order valence-electron chi connectivity index (χ1n) is 4.77. The number of thiophene rings is 1. The topological polar surface area (TPSA) is 12.5 Å². The van der Waals surface area contributed by atoms with Crippen molar-refractivity contribution < 1.29 is 4.74 Å². The Hall–Kier alpha value is -0.820. The summed E-state index contributed by atoms with van der Waals surface area (Å²) in [5.74, 6) is 6.35. The van der Waals surface area contributed by atoms with E-state index in [1.54, 1.807) is 11.3 Å². The van der Waals surface area contributed by atoms with E-state index in [0.717, 1.165) is 37.7 Å². The molecule has 2 nitrogen and oxygen atoms in total. The van der Waals surface area contributed by atoms with Gasteiger partial charge in [0.2, 0.25) is 0 Å². The minimum absolute atomic E-state index is 0.848. The smallest absolute Gasteiger partial charge is 0.0768 e. The normalized spacial score (nSPS) is 17.4. The Kier molecular flexibility index (Phi) is 3.58. The number of hydrogen-bond donors (Lipinski definition) is 0. The summed E-state index contributed by atoms with van der Waals surface area (Å²) in [4.78, 5) is 3.47. The van der Waals surface area contributed by atoms with Gasteiger partial charge in [0, 0.05) is 13.1 Å². The van der Waals surface area contributed by atoms with Crippen LogP contribution in [0.3, 0.4) is 0 Å². The Morgan fingerprint density at radius 3 is 3.00 bits per heavy atom. The van der Waals surface area contributed by atoms with Crippen LogP contribution in [0.4, 0.5) is 0 Å². The highest BCUT2D eigenvalue weighted by Gasteiger charge is 2.07. The molecule has 0 atom stereocenters. The summed E-state index contributed by atoms with van der Waals surface area (Å²) in [6.07, 6.45) is 0. The average Bonchev–Trinajstić information content (AvgIpc) is 2.72. The molecule has 0 amide bonds. The Morgan fingerprint density at radius 2 is 2.29 bits per heavy atom. The molecule has 1 saturated heterocycles. The molecule has 0 saturated carbocycles. The summed E-state index contributed by atoms with van der Waals surface area (Å²) in [5.41, 5.74) is 0. The van der Waals surface area contributed by atoms with Gasteiger partial charge in [-0.05, 0) is 11.4 Å². The molecule has 1 aromatic heterocycles. The van der Waals surface area contributed by atoms with Crippen molar-refractivity contribution in [3.63, 3.8) is 0 Å². The van der Waals surface area contributed by atoms with Gasteiger partial charge in [0.05, 0.1) is 24.6 Å². The number of rotatable bonds is 1. The number of nitrogens with zero attached hydrogens (tertiary/aromatic N) is 1. The molecule has 0 bridgehead atoms. The van der Waals surface area contributed by atoms with E-state index in [1.165, 1.54) is 0 Å². The lowest BCUT2D eigenvalue weighted by Gasteiger charge is -2.24. The van der Waals surface area contributed by atoms with Gasteiger partial charge in [-0.3, -0.25) is 4.90 Å². The van der Waals surface area contributed by atoms with Crippen LogP contribution >= 0.6 is 11.3 Å². The van der Waals surface area contributed by atoms with Gasteiger partial charge in [-0.1, -0.05) is 17.9 Å². The molecule has 1 fully saturated rings. The lowest BCUT2D eigenvalue weighted by atomic mass is 10.4. The molecule has 0 unspecified atom stereocenters. The molecule has 0 N–H and O–H groups in total. The van der Waals surface area contributed by atoms with Gasteiger partial charge in [-0.15, -0.1) is 11.3 Å². The minimum atomic E-state index is 0.848. The summed E-state index contributed by atoms with van der Waals surface area (Å²) in [7, 11) is 0. The first kappa shape index (κ1) is 9.72. The summed E-state index contributed by atoms with van der Waals surface area (Å²) >= 11 is 1.69. The van der Waals surface area contributed by atoms with Crippen LogP contribution in [0.25, 0.3) is 0 Å². The number of morpholine rings is 1. The fourth-order valence-corrected chi connectivity index (χ4v) is 1.94. The molecule has 0 aromatic carbocycles. The molecule has 74 valence electrons. The van der Waals surface area contributed by atoms with Gasteiger partial charge < -0.3 is 4.74 Å². The maximum Gasteiger partial charge on any atom is 0.0768 e. The molecule has 3 heteroatoms. The molecule has 1 aliphatic heterocycles. The van der Waals surface area contributed by atoms with Gasteiger partial charge in [-0.25, -0.2) is 0 Å². The van der Waals surface area contributed by atoms with Crippen LogP contribution in [0.1, 0.15) is 4.88 Å². The first-order chi connectivity index (χ1) is 6.95. The zero-order valence-corrected chi connectivity index (χ0v) is 8.85. The molecule has 1 aliphatic rings. The van der Waals surface area contributed by atoms with E-state index in [-0.39, 0.29) is 0 Å². The Balaban J connectivity index is 1.80. The van der Waals surface area contributed by atoms with E-state index in [2.05, 4.69) is 28.2 Å². The second kappa shape index (κ2) is 5.16. The van der Waals surface area contributed by atoms with Gasteiger partial charge in [-0.2, -0.15) is 0 Å². The molecular weight excluding hydrogens is 194 g/mol. The van der Waals surface area contributed by atoms with E-state index >= 15 is 0 Å². The SMILES string of the molecule is C(#Cc1cccs1)CN1CCOCC1. The van der Waals surface area contributed by atoms with Gasteiger partial charge >= 0.3 is 0 Å². The average molecular weight is 207 g/mol. The lowest BCUT2D eigenvalue weighted by Crippen LogP contribution is -2.36. The van der Waals surface area contributed by atoms with Gasteiger partial charge in [0.15, 0.2) is 0 Å². The van der Waals surface area contributed by atoms with Crippen LogP contribution in [-0.2, 0) is 4.74 Å². The highest BCUT2D eigenvalue weighted by molar-refractivity contribution is 7.10. The van der Waals surface area contributed by atoms with Crippen molar-refractivity contribution in [1.82, 2.24) is 4.90 Å². The molecule has 0 aliphatic carbocycles. The third-order valence-electron chi connectivity index (χ3n) is 2.14. The molecular formula is C11H13NOS. The molecule has 2 heterocycles. The second-order valence-corrected chi connectivity index (χ2v) is 4.12. The Labute approximate surface area is 88.5 Å².